The third kappa shape index (κ3) is 8.65. The van der Waals surface area contributed by atoms with Gasteiger partial charge in [-0.05, 0) is 18.3 Å². The van der Waals surface area contributed by atoms with Gasteiger partial charge in [0.2, 0.25) is 0 Å². The minimum atomic E-state index is 0. The van der Waals surface area contributed by atoms with Crippen molar-refractivity contribution >= 4 is 15.9 Å². The highest BCUT2D eigenvalue weighted by molar-refractivity contribution is 9.11. The summed E-state index contributed by atoms with van der Waals surface area (Å²) >= 11 is 3.51. The third-order valence-electron chi connectivity index (χ3n) is 3.01. The average molecular weight is 303 g/mol. The Balaban J connectivity index is 0. The smallest absolute Gasteiger partial charge is 0.0132 e. The van der Waals surface area contributed by atoms with E-state index >= 15 is 0 Å². The molecule has 1 atom stereocenters. The van der Waals surface area contributed by atoms with Gasteiger partial charge in [0.1, 0.15) is 0 Å². The standard InChI is InChI=1S/C13H21Br.C2H6.CH4/c1-3-4-5-6-9-13(2)10-7-12(14)8-11-13;1-2;/h7-8,10H,3-6,9,11H2,1-2H3;1-2H3;1H4. The van der Waals surface area contributed by atoms with Crippen molar-refractivity contribution < 1.29 is 0 Å². The van der Waals surface area contributed by atoms with Gasteiger partial charge in [-0.2, -0.15) is 0 Å². The van der Waals surface area contributed by atoms with E-state index in [1.54, 1.807) is 0 Å². The molecule has 0 nitrogen and oxygen atoms in total. The Labute approximate surface area is 118 Å². The van der Waals surface area contributed by atoms with Crippen molar-refractivity contribution in [3.63, 3.8) is 0 Å². The summed E-state index contributed by atoms with van der Waals surface area (Å²) in [6.45, 7) is 8.63. The maximum atomic E-state index is 3.51. The van der Waals surface area contributed by atoms with Gasteiger partial charge in [-0.25, -0.2) is 0 Å². The molecular weight excluding hydrogens is 272 g/mol. The molecule has 1 unspecified atom stereocenters. The van der Waals surface area contributed by atoms with Crippen molar-refractivity contribution in [3.8, 4) is 0 Å². The molecule has 0 aromatic heterocycles. The zero-order valence-corrected chi connectivity index (χ0v) is 12.9. The summed E-state index contributed by atoms with van der Waals surface area (Å²) in [6, 6.07) is 0. The van der Waals surface area contributed by atoms with Crippen LogP contribution >= 0.6 is 15.9 Å². The van der Waals surface area contributed by atoms with Gasteiger partial charge in [0.05, 0.1) is 0 Å². The van der Waals surface area contributed by atoms with E-state index in [1.807, 2.05) is 13.8 Å². The Morgan fingerprint density at radius 3 is 2.35 bits per heavy atom. The van der Waals surface area contributed by atoms with E-state index < -0.39 is 0 Å². The summed E-state index contributed by atoms with van der Waals surface area (Å²) in [5, 5.41) is 0. The van der Waals surface area contributed by atoms with Crippen LogP contribution in [0.3, 0.4) is 0 Å². The number of allylic oxidation sites excluding steroid dienone is 4. The van der Waals surface area contributed by atoms with Gasteiger partial charge in [0.25, 0.3) is 0 Å². The average Bonchev–Trinajstić information content (AvgIpc) is 2.32. The lowest BCUT2D eigenvalue weighted by Gasteiger charge is -2.27. The first-order chi connectivity index (χ1) is 7.66. The summed E-state index contributed by atoms with van der Waals surface area (Å²) in [7, 11) is 0. The third-order valence-corrected chi connectivity index (χ3v) is 3.60. The highest BCUT2D eigenvalue weighted by atomic mass is 79.9. The fourth-order valence-electron chi connectivity index (χ4n) is 1.89. The quantitative estimate of drug-likeness (QED) is 0.486. The lowest BCUT2D eigenvalue weighted by atomic mass is 9.79. The van der Waals surface area contributed by atoms with Gasteiger partial charge in [0, 0.05) is 4.48 Å². The van der Waals surface area contributed by atoms with E-state index in [9.17, 15) is 0 Å². The highest BCUT2D eigenvalue weighted by Crippen LogP contribution is 2.35. The molecule has 0 heterocycles. The van der Waals surface area contributed by atoms with Crippen molar-refractivity contribution in [1.82, 2.24) is 0 Å². The maximum Gasteiger partial charge on any atom is 0.0132 e. The first-order valence-electron chi connectivity index (χ1n) is 6.71. The second-order valence-electron chi connectivity index (χ2n) is 4.59. The molecule has 0 saturated heterocycles. The lowest BCUT2D eigenvalue weighted by molar-refractivity contribution is 0.372. The summed E-state index contributed by atoms with van der Waals surface area (Å²) in [5.74, 6) is 0. The molecule has 102 valence electrons. The number of hydrogen-bond acceptors (Lipinski definition) is 0. The number of halogens is 1. The number of unbranched alkanes of at least 4 members (excludes halogenated alkanes) is 3. The van der Waals surface area contributed by atoms with E-state index in [0.717, 1.165) is 0 Å². The van der Waals surface area contributed by atoms with E-state index in [1.165, 1.54) is 43.0 Å². The molecule has 0 aliphatic heterocycles. The van der Waals surface area contributed by atoms with Crippen LogP contribution in [-0.4, -0.2) is 0 Å². The Hall–Kier alpha value is -0.0400. The molecule has 0 fully saturated rings. The molecule has 1 aliphatic carbocycles. The summed E-state index contributed by atoms with van der Waals surface area (Å²) < 4.78 is 1.24. The molecule has 1 aliphatic rings. The van der Waals surface area contributed by atoms with Crippen LogP contribution in [0.4, 0.5) is 0 Å². The number of hydrogen-bond donors (Lipinski definition) is 0. The van der Waals surface area contributed by atoms with Crippen molar-refractivity contribution in [3.05, 3.63) is 22.7 Å². The SMILES string of the molecule is C.CC.CCCCCCC1(C)C=CC(Br)=CC1. The first-order valence-corrected chi connectivity index (χ1v) is 7.50. The minimum Gasteiger partial charge on any atom is -0.0776 e. The lowest BCUT2D eigenvalue weighted by Crippen LogP contribution is -2.14. The molecular formula is C16H31Br. The van der Waals surface area contributed by atoms with Crippen LogP contribution in [0.5, 0.6) is 0 Å². The van der Waals surface area contributed by atoms with Crippen LogP contribution in [0.25, 0.3) is 0 Å². The Morgan fingerprint density at radius 1 is 1.24 bits per heavy atom. The molecule has 1 heteroatoms. The van der Waals surface area contributed by atoms with Gasteiger partial charge >= 0.3 is 0 Å². The topological polar surface area (TPSA) is 0 Å². The van der Waals surface area contributed by atoms with Gasteiger partial charge < -0.3 is 0 Å². The normalized spacial score (nSPS) is 22.1. The van der Waals surface area contributed by atoms with E-state index in [2.05, 4.69) is 48.0 Å². The predicted molar refractivity (Wildman–Crippen MR) is 85.7 cm³/mol. The molecule has 0 bridgehead atoms. The molecule has 0 amide bonds. The fraction of sp³-hybridized carbons (Fsp3) is 0.750. The zero-order valence-electron chi connectivity index (χ0n) is 11.4. The molecule has 0 saturated carbocycles. The zero-order chi connectivity index (χ0) is 12.4. The van der Waals surface area contributed by atoms with Crippen molar-refractivity contribution in [2.24, 2.45) is 5.41 Å². The van der Waals surface area contributed by atoms with E-state index in [4.69, 9.17) is 0 Å². The summed E-state index contributed by atoms with van der Waals surface area (Å²) in [6.07, 6.45) is 14.9. The van der Waals surface area contributed by atoms with Crippen molar-refractivity contribution in [2.45, 2.75) is 73.6 Å². The van der Waals surface area contributed by atoms with Gasteiger partial charge in [-0.3, -0.25) is 0 Å². The van der Waals surface area contributed by atoms with Gasteiger partial charge in [-0.1, -0.05) is 95.0 Å². The molecule has 0 aromatic rings. The van der Waals surface area contributed by atoms with Gasteiger partial charge in [0.15, 0.2) is 0 Å². The van der Waals surface area contributed by atoms with Crippen LogP contribution in [-0.2, 0) is 0 Å². The van der Waals surface area contributed by atoms with Crippen LogP contribution in [0.2, 0.25) is 0 Å². The molecule has 0 radical (unpaired) electrons. The second-order valence-corrected chi connectivity index (χ2v) is 5.51. The molecule has 0 N–H and O–H groups in total. The molecule has 0 aromatic carbocycles. The maximum absolute atomic E-state index is 3.51. The van der Waals surface area contributed by atoms with E-state index in [-0.39, 0.29) is 7.43 Å². The Morgan fingerprint density at radius 2 is 1.88 bits per heavy atom. The second kappa shape index (κ2) is 11.1. The van der Waals surface area contributed by atoms with Crippen LogP contribution in [0.1, 0.15) is 73.6 Å². The summed E-state index contributed by atoms with van der Waals surface area (Å²) in [5.41, 5.74) is 0.422. The molecule has 1 rings (SSSR count). The monoisotopic (exact) mass is 302 g/mol. The minimum absolute atomic E-state index is 0. The Kier molecular flexibility index (Phi) is 12.6. The van der Waals surface area contributed by atoms with Crippen LogP contribution in [0, 0.1) is 5.41 Å². The van der Waals surface area contributed by atoms with Crippen LogP contribution < -0.4 is 0 Å². The van der Waals surface area contributed by atoms with Crippen LogP contribution in [0.15, 0.2) is 22.7 Å². The van der Waals surface area contributed by atoms with Crippen molar-refractivity contribution in [1.29, 1.82) is 0 Å². The first kappa shape index (κ1) is 19.3. The number of rotatable bonds is 5. The fourth-order valence-corrected chi connectivity index (χ4v) is 2.18. The molecule has 0 spiro atoms. The highest BCUT2D eigenvalue weighted by Gasteiger charge is 2.21. The Bertz CT molecular complexity index is 228. The predicted octanol–water partition coefficient (Wildman–Crippen LogP) is 6.86. The van der Waals surface area contributed by atoms with Gasteiger partial charge in [-0.15, -0.1) is 0 Å². The largest absolute Gasteiger partial charge is 0.0776 e. The van der Waals surface area contributed by atoms with E-state index in [0.29, 0.717) is 5.41 Å². The van der Waals surface area contributed by atoms with Crippen molar-refractivity contribution in [2.75, 3.05) is 0 Å². The molecule has 17 heavy (non-hydrogen) atoms. The summed E-state index contributed by atoms with van der Waals surface area (Å²) in [4.78, 5) is 0.